The first-order chi connectivity index (χ1) is 7.00. The molecular formula is C10H14N2O3. The second-order valence-electron chi connectivity index (χ2n) is 3.36. The summed E-state index contributed by atoms with van der Waals surface area (Å²) in [5.41, 5.74) is 12.2. The van der Waals surface area contributed by atoms with E-state index in [9.17, 15) is 9.90 Å². The normalized spacial score (nSPS) is 12.3. The number of carboxylic acids is 1. The van der Waals surface area contributed by atoms with Gasteiger partial charge in [-0.1, -0.05) is 6.07 Å². The zero-order valence-corrected chi connectivity index (χ0v) is 8.18. The van der Waals surface area contributed by atoms with Gasteiger partial charge in [0, 0.05) is 12.5 Å². The van der Waals surface area contributed by atoms with Crippen molar-refractivity contribution >= 4 is 11.7 Å². The number of hydrogen-bond donors (Lipinski definition) is 4. The Labute approximate surface area is 87.3 Å². The summed E-state index contributed by atoms with van der Waals surface area (Å²) in [6, 6.07) is 4.27. The first-order valence-corrected chi connectivity index (χ1v) is 4.56. The molecule has 1 unspecified atom stereocenters. The summed E-state index contributed by atoms with van der Waals surface area (Å²) in [6.07, 6.45) is 0.363. The fourth-order valence-electron chi connectivity index (χ4n) is 1.25. The van der Waals surface area contributed by atoms with Gasteiger partial charge in [0.25, 0.3) is 0 Å². The lowest BCUT2D eigenvalue weighted by Gasteiger charge is -2.11. The highest BCUT2D eigenvalue weighted by Gasteiger charge is 2.09. The van der Waals surface area contributed by atoms with Crippen LogP contribution in [0.25, 0.3) is 0 Å². The second-order valence-corrected chi connectivity index (χ2v) is 3.36. The smallest absolute Gasteiger partial charge is 0.303 e. The lowest BCUT2D eigenvalue weighted by atomic mass is 10.0. The molecule has 0 aliphatic heterocycles. The zero-order valence-electron chi connectivity index (χ0n) is 8.18. The largest absolute Gasteiger partial charge is 0.506 e. The van der Waals surface area contributed by atoms with E-state index in [4.69, 9.17) is 16.6 Å². The van der Waals surface area contributed by atoms with Gasteiger partial charge in [0.2, 0.25) is 0 Å². The Morgan fingerprint density at radius 1 is 1.47 bits per heavy atom. The summed E-state index contributed by atoms with van der Waals surface area (Å²) < 4.78 is 0. The van der Waals surface area contributed by atoms with Crippen LogP contribution in [0.3, 0.4) is 0 Å². The number of nitrogens with two attached hydrogens (primary N) is 2. The zero-order chi connectivity index (χ0) is 11.4. The van der Waals surface area contributed by atoms with Crippen molar-refractivity contribution in [3.05, 3.63) is 23.8 Å². The number of anilines is 1. The third-order valence-electron chi connectivity index (χ3n) is 2.15. The third-order valence-corrected chi connectivity index (χ3v) is 2.15. The average Bonchev–Trinajstić information content (AvgIpc) is 2.18. The highest BCUT2D eigenvalue weighted by Crippen LogP contribution is 2.24. The summed E-state index contributed by atoms with van der Waals surface area (Å²) in [4.78, 5) is 10.3. The molecule has 0 heterocycles. The van der Waals surface area contributed by atoms with Gasteiger partial charge in [-0.25, -0.2) is 0 Å². The van der Waals surface area contributed by atoms with Crippen molar-refractivity contribution < 1.29 is 15.0 Å². The van der Waals surface area contributed by atoms with E-state index < -0.39 is 5.97 Å². The van der Waals surface area contributed by atoms with Crippen LogP contribution in [0.1, 0.15) is 24.4 Å². The van der Waals surface area contributed by atoms with E-state index >= 15 is 0 Å². The minimum atomic E-state index is -0.878. The molecule has 0 aromatic heterocycles. The number of carbonyl (C=O) groups is 1. The van der Waals surface area contributed by atoms with Crippen LogP contribution in [0, 0.1) is 0 Å². The number of phenolic OH excluding ortho intramolecular Hbond substituents is 1. The maximum atomic E-state index is 10.3. The Kier molecular flexibility index (Phi) is 3.51. The van der Waals surface area contributed by atoms with Crippen molar-refractivity contribution in [3.63, 3.8) is 0 Å². The van der Waals surface area contributed by atoms with Crippen LogP contribution in [-0.2, 0) is 4.79 Å². The molecule has 5 heteroatoms. The van der Waals surface area contributed by atoms with Crippen LogP contribution in [0.2, 0.25) is 0 Å². The predicted octanol–water partition coefficient (Wildman–Crippen LogP) is 0.839. The molecule has 15 heavy (non-hydrogen) atoms. The lowest BCUT2D eigenvalue weighted by Crippen LogP contribution is -2.12. The molecular weight excluding hydrogens is 196 g/mol. The van der Waals surface area contributed by atoms with E-state index in [2.05, 4.69) is 0 Å². The summed E-state index contributed by atoms with van der Waals surface area (Å²) in [6.45, 7) is 0. The van der Waals surface area contributed by atoms with Gasteiger partial charge in [-0.2, -0.15) is 0 Å². The highest BCUT2D eigenvalue weighted by molar-refractivity contribution is 5.66. The first kappa shape index (κ1) is 11.3. The fraction of sp³-hybridized carbons (Fsp3) is 0.300. The van der Waals surface area contributed by atoms with Gasteiger partial charge in [0.05, 0.1) is 5.69 Å². The van der Waals surface area contributed by atoms with Crippen molar-refractivity contribution in [1.82, 2.24) is 0 Å². The standard InChI is InChI=1S/C10H14N2O3/c11-7(2-4-10(14)15)6-1-3-9(13)8(12)5-6/h1,3,5,7,13H,2,4,11-12H2,(H,14,15). The number of aliphatic carboxylic acids is 1. The van der Waals surface area contributed by atoms with Gasteiger partial charge in [0.1, 0.15) is 5.75 Å². The van der Waals surface area contributed by atoms with Crippen LogP contribution >= 0.6 is 0 Å². The van der Waals surface area contributed by atoms with E-state index in [1.54, 1.807) is 12.1 Å². The van der Waals surface area contributed by atoms with Crippen LogP contribution < -0.4 is 11.5 Å². The van der Waals surface area contributed by atoms with E-state index in [0.717, 1.165) is 5.56 Å². The molecule has 1 atom stereocenters. The Morgan fingerprint density at radius 2 is 2.13 bits per heavy atom. The molecule has 0 aliphatic carbocycles. The second kappa shape index (κ2) is 4.65. The molecule has 0 saturated carbocycles. The summed E-state index contributed by atoms with van der Waals surface area (Å²) >= 11 is 0. The maximum absolute atomic E-state index is 10.3. The minimum absolute atomic E-state index is 0.00387. The Bertz CT molecular complexity index is 366. The maximum Gasteiger partial charge on any atom is 0.303 e. The summed E-state index contributed by atoms with van der Waals surface area (Å²) in [5.74, 6) is -0.874. The molecule has 0 saturated heterocycles. The topological polar surface area (TPSA) is 110 Å². The highest BCUT2D eigenvalue weighted by atomic mass is 16.4. The molecule has 0 amide bonds. The number of benzene rings is 1. The van der Waals surface area contributed by atoms with Crippen molar-refractivity contribution in [2.24, 2.45) is 5.73 Å². The summed E-state index contributed by atoms with van der Waals surface area (Å²) in [5, 5.41) is 17.7. The number of carboxylic acid groups (broad SMARTS) is 1. The molecule has 0 fully saturated rings. The molecule has 1 aromatic carbocycles. The number of phenols is 1. The molecule has 1 aromatic rings. The number of hydrogen-bond acceptors (Lipinski definition) is 4. The van der Waals surface area contributed by atoms with Crippen LogP contribution in [-0.4, -0.2) is 16.2 Å². The number of aromatic hydroxyl groups is 1. The molecule has 6 N–H and O–H groups in total. The van der Waals surface area contributed by atoms with E-state index in [-0.39, 0.29) is 23.9 Å². The minimum Gasteiger partial charge on any atom is -0.506 e. The first-order valence-electron chi connectivity index (χ1n) is 4.56. The van der Waals surface area contributed by atoms with Crippen LogP contribution in [0.15, 0.2) is 18.2 Å². The molecule has 5 nitrogen and oxygen atoms in total. The van der Waals surface area contributed by atoms with Gasteiger partial charge in [0.15, 0.2) is 0 Å². The van der Waals surface area contributed by atoms with Crippen molar-refractivity contribution in [2.45, 2.75) is 18.9 Å². The van der Waals surface area contributed by atoms with E-state index in [1.807, 2.05) is 0 Å². The summed E-state index contributed by atoms with van der Waals surface area (Å²) in [7, 11) is 0. The molecule has 1 rings (SSSR count). The monoisotopic (exact) mass is 210 g/mol. The Hall–Kier alpha value is -1.75. The third kappa shape index (κ3) is 3.14. The quantitative estimate of drug-likeness (QED) is 0.435. The SMILES string of the molecule is Nc1cc(C(N)CCC(=O)O)ccc1O. The van der Waals surface area contributed by atoms with Crippen molar-refractivity contribution in [1.29, 1.82) is 0 Å². The predicted molar refractivity (Wildman–Crippen MR) is 56.3 cm³/mol. The molecule has 0 bridgehead atoms. The number of rotatable bonds is 4. The van der Waals surface area contributed by atoms with Crippen LogP contribution in [0.5, 0.6) is 5.75 Å². The van der Waals surface area contributed by atoms with Crippen LogP contribution in [0.4, 0.5) is 5.69 Å². The average molecular weight is 210 g/mol. The van der Waals surface area contributed by atoms with Gasteiger partial charge in [-0.05, 0) is 24.1 Å². The van der Waals surface area contributed by atoms with Gasteiger partial charge >= 0.3 is 5.97 Å². The molecule has 0 spiro atoms. The molecule has 0 aliphatic rings. The molecule has 0 radical (unpaired) electrons. The molecule has 82 valence electrons. The van der Waals surface area contributed by atoms with E-state index in [1.165, 1.54) is 6.07 Å². The number of nitrogen functional groups attached to an aromatic ring is 1. The fourth-order valence-corrected chi connectivity index (χ4v) is 1.25. The Morgan fingerprint density at radius 3 is 2.67 bits per heavy atom. The van der Waals surface area contributed by atoms with Gasteiger partial charge < -0.3 is 21.7 Å². The van der Waals surface area contributed by atoms with Crippen molar-refractivity contribution in [2.75, 3.05) is 5.73 Å². The van der Waals surface area contributed by atoms with E-state index in [0.29, 0.717) is 6.42 Å². The lowest BCUT2D eigenvalue weighted by molar-refractivity contribution is -0.137. The van der Waals surface area contributed by atoms with Gasteiger partial charge in [-0.3, -0.25) is 4.79 Å². The van der Waals surface area contributed by atoms with Gasteiger partial charge in [-0.15, -0.1) is 0 Å². The van der Waals surface area contributed by atoms with Crippen molar-refractivity contribution in [3.8, 4) is 5.75 Å². The Balaban J connectivity index is 2.69.